The van der Waals surface area contributed by atoms with E-state index in [0.29, 0.717) is 14.8 Å². The number of aromatic amines is 1. The van der Waals surface area contributed by atoms with Crippen LogP contribution in [0.1, 0.15) is 28.5 Å². The van der Waals surface area contributed by atoms with Crippen molar-refractivity contribution in [3.8, 4) is 0 Å². The van der Waals surface area contributed by atoms with Crippen molar-refractivity contribution < 1.29 is 0 Å². The number of H-pyrrole nitrogens is 1. The van der Waals surface area contributed by atoms with Crippen LogP contribution in [0.4, 0.5) is 0 Å². The molecule has 21 heavy (non-hydrogen) atoms. The number of nitrogens with one attached hydrogen (secondary N) is 1. The second kappa shape index (κ2) is 5.39. The van der Waals surface area contributed by atoms with E-state index in [0.717, 1.165) is 21.7 Å². The van der Waals surface area contributed by atoms with Gasteiger partial charge in [-0.15, -0.1) is 11.3 Å². The monoisotopic (exact) mass is 357 g/mol. The number of nitrogens with zero attached hydrogens (tertiary/aromatic N) is 2. The molecule has 0 radical (unpaired) electrons. The van der Waals surface area contributed by atoms with Gasteiger partial charge in [-0.2, -0.15) is 0 Å². The van der Waals surface area contributed by atoms with Gasteiger partial charge in [0.25, 0.3) is 0 Å². The third-order valence-corrected chi connectivity index (χ3v) is 5.73. The molecule has 2 heterocycles. The van der Waals surface area contributed by atoms with Gasteiger partial charge in [0.1, 0.15) is 0 Å². The molecule has 0 spiro atoms. The van der Waals surface area contributed by atoms with Crippen molar-refractivity contribution in [1.29, 1.82) is 0 Å². The zero-order valence-electron chi connectivity index (χ0n) is 11.7. The highest BCUT2D eigenvalue weighted by molar-refractivity contribution is 7.71. The summed E-state index contributed by atoms with van der Waals surface area (Å²) in [5, 5.41) is 2.10. The van der Waals surface area contributed by atoms with E-state index in [1.54, 1.807) is 11.3 Å². The normalized spacial score (nSPS) is 13.0. The first-order valence-electron chi connectivity index (χ1n) is 6.41. The van der Waals surface area contributed by atoms with Crippen LogP contribution in [0.15, 0.2) is 12.1 Å². The topological polar surface area (TPSA) is 33.6 Å². The van der Waals surface area contributed by atoms with Crippen LogP contribution < -0.4 is 0 Å². The zero-order chi connectivity index (χ0) is 15.3. The number of thiazole rings is 1. The second-order valence-electron chi connectivity index (χ2n) is 4.94. The highest BCUT2D eigenvalue weighted by Gasteiger charge is 2.18. The van der Waals surface area contributed by atoms with Crippen molar-refractivity contribution in [2.24, 2.45) is 0 Å². The van der Waals surface area contributed by atoms with E-state index < -0.39 is 0 Å². The van der Waals surface area contributed by atoms with Crippen LogP contribution >= 0.6 is 46.8 Å². The molecule has 1 unspecified atom stereocenters. The number of fused-ring (bicyclic) bond motifs is 1. The number of rotatable bonds is 2. The van der Waals surface area contributed by atoms with Gasteiger partial charge in [-0.25, -0.2) is 4.98 Å². The number of hydrogen-bond acceptors (Lipinski definition) is 3. The van der Waals surface area contributed by atoms with Gasteiger partial charge in [0.15, 0.2) is 4.77 Å². The predicted octanol–water partition coefficient (Wildman–Crippen LogP) is 5.69. The summed E-state index contributed by atoms with van der Waals surface area (Å²) in [5.74, 6) is 0. The van der Waals surface area contributed by atoms with Crippen LogP contribution in [0.2, 0.25) is 10.0 Å². The summed E-state index contributed by atoms with van der Waals surface area (Å²) in [4.78, 5) is 8.89. The minimum atomic E-state index is 0.0923. The molecule has 2 aromatic heterocycles. The first-order chi connectivity index (χ1) is 9.88. The van der Waals surface area contributed by atoms with Crippen LogP contribution in [-0.4, -0.2) is 14.5 Å². The number of imidazole rings is 1. The van der Waals surface area contributed by atoms with Crippen LogP contribution in [0.3, 0.4) is 0 Å². The average Bonchev–Trinajstić information content (AvgIpc) is 2.89. The summed E-state index contributed by atoms with van der Waals surface area (Å²) in [6.45, 7) is 6.15. The number of hydrogen-bond donors (Lipinski definition) is 1. The smallest absolute Gasteiger partial charge is 0.178 e. The molecule has 0 aliphatic heterocycles. The van der Waals surface area contributed by atoms with Crippen LogP contribution in [-0.2, 0) is 0 Å². The number of benzene rings is 1. The molecule has 3 rings (SSSR count). The van der Waals surface area contributed by atoms with E-state index in [1.807, 2.05) is 26.0 Å². The average molecular weight is 358 g/mol. The summed E-state index contributed by atoms with van der Waals surface area (Å²) in [6.07, 6.45) is 0. The fourth-order valence-corrected chi connectivity index (χ4v) is 4.22. The third-order valence-electron chi connectivity index (χ3n) is 3.46. The Balaban J connectivity index is 2.24. The third kappa shape index (κ3) is 2.52. The molecule has 0 saturated carbocycles. The van der Waals surface area contributed by atoms with Gasteiger partial charge in [0.2, 0.25) is 0 Å². The van der Waals surface area contributed by atoms with Crippen molar-refractivity contribution in [3.63, 3.8) is 0 Å². The molecule has 1 N–H and O–H groups in total. The Bertz CT molecular complexity index is 892. The van der Waals surface area contributed by atoms with Gasteiger partial charge < -0.3 is 9.55 Å². The van der Waals surface area contributed by atoms with Crippen LogP contribution in [0, 0.1) is 18.6 Å². The lowest BCUT2D eigenvalue weighted by atomic mass is 10.2. The highest BCUT2D eigenvalue weighted by Crippen LogP contribution is 2.33. The maximum Gasteiger partial charge on any atom is 0.178 e. The molecule has 0 fully saturated rings. The van der Waals surface area contributed by atoms with E-state index in [2.05, 4.69) is 21.5 Å². The fourth-order valence-electron chi connectivity index (χ4n) is 2.56. The Morgan fingerprint density at radius 3 is 2.57 bits per heavy atom. The Hall–Kier alpha value is -0.880. The molecular formula is C14H13Cl2N3S2. The molecule has 7 heteroatoms. The van der Waals surface area contributed by atoms with Crippen molar-refractivity contribution in [3.05, 3.63) is 42.5 Å². The molecule has 0 aliphatic carbocycles. The predicted molar refractivity (Wildman–Crippen MR) is 92.5 cm³/mol. The molecule has 0 bridgehead atoms. The Morgan fingerprint density at radius 2 is 1.95 bits per heavy atom. The summed E-state index contributed by atoms with van der Waals surface area (Å²) < 4.78 is 2.72. The standard InChI is InChI=1S/C14H13Cl2N3S2/c1-6-13(21-8(3)17-6)7(2)19-12-5-10(16)9(15)4-11(12)18-14(19)20/h4-5,7H,1-3H3,(H,18,20). The minimum absolute atomic E-state index is 0.0923. The molecule has 0 aliphatic rings. The first-order valence-corrected chi connectivity index (χ1v) is 8.39. The van der Waals surface area contributed by atoms with E-state index in [-0.39, 0.29) is 6.04 Å². The molecule has 0 saturated heterocycles. The van der Waals surface area contributed by atoms with Gasteiger partial charge in [0, 0.05) is 0 Å². The number of aryl methyl sites for hydroxylation is 2. The highest BCUT2D eigenvalue weighted by atomic mass is 35.5. The van der Waals surface area contributed by atoms with Crippen molar-refractivity contribution in [1.82, 2.24) is 14.5 Å². The first kappa shape index (κ1) is 15.0. The van der Waals surface area contributed by atoms with E-state index in [9.17, 15) is 0 Å². The maximum atomic E-state index is 6.15. The number of aromatic nitrogens is 3. The Labute approximate surface area is 141 Å². The number of halogens is 2. The molecule has 110 valence electrons. The Morgan fingerprint density at radius 1 is 1.29 bits per heavy atom. The zero-order valence-corrected chi connectivity index (χ0v) is 14.8. The van der Waals surface area contributed by atoms with Crippen molar-refractivity contribution >= 4 is 57.8 Å². The largest absolute Gasteiger partial charge is 0.331 e. The lowest BCUT2D eigenvalue weighted by molar-refractivity contribution is 0.655. The van der Waals surface area contributed by atoms with Crippen molar-refractivity contribution in [2.75, 3.05) is 0 Å². The Kier molecular flexibility index (Phi) is 3.86. The van der Waals surface area contributed by atoms with Crippen LogP contribution in [0.25, 0.3) is 11.0 Å². The molecule has 3 aromatic rings. The van der Waals surface area contributed by atoms with Crippen molar-refractivity contribution in [2.45, 2.75) is 26.8 Å². The molecule has 0 amide bonds. The quantitative estimate of drug-likeness (QED) is 0.597. The van der Waals surface area contributed by atoms with E-state index in [1.165, 1.54) is 4.88 Å². The van der Waals surface area contributed by atoms with Gasteiger partial charge in [-0.05, 0) is 45.1 Å². The van der Waals surface area contributed by atoms with E-state index in [4.69, 9.17) is 35.4 Å². The van der Waals surface area contributed by atoms with E-state index >= 15 is 0 Å². The summed E-state index contributed by atoms with van der Waals surface area (Å²) in [6, 6.07) is 3.75. The molecular weight excluding hydrogens is 345 g/mol. The fraction of sp³-hybridized carbons (Fsp3) is 0.286. The summed E-state index contributed by atoms with van der Waals surface area (Å²) in [5.41, 5.74) is 2.88. The summed E-state index contributed by atoms with van der Waals surface area (Å²) in [7, 11) is 0. The molecule has 3 nitrogen and oxygen atoms in total. The second-order valence-corrected chi connectivity index (χ2v) is 7.38. The molecule has 1 atom stereocenters. The minimum Gasteiger partial charge on any atom is -0.331 e. The lowest BCUT2D eigenvalue weighted by Crippen LogP contribution is -2.06. The van der Waals surface area contributed by atoms with Gasteiger partial charge >= 0.3 is 0 Å². The maximum absolute atomic E-state index is 6.15. The molecule has 1 aromatic carbocycles. The van der Waals surface area contributed by atoms with Gasteiger partial charge in [0.05, 0.1) is 42.7 Å². The van der Waals surface area contributed by atoms with Crippen LogP contribution in [0.5, 0.6) is 0 Å². The van der Waals surface area contributed by atoms with Gasteiger partial charge in [-0.3, -0.25) is 0 Å². The SMILES string of the molecule is Cc1nc(C)c(C(C)n2c(=S)[nH]c3cc(Cl)c(Cl)cc32)s1. The van der Waals surface area contributed by atoms with Gasteiger partial charge in [-0.1, -0.05) is 23.2 Å². The lowest BCUT2D eigenvalue weighted by Gasteiger charge is -2.14. The summed E-state index contributed by atoms with van der Waals surface area (Å²) >= 11 is 19.4.